The van der Waals surface area contributed by atoms with Gasteiger partial charge in [-0.05, 0) is 19.1 Å². The maximum atomic E-state index is 5.68. The second kappa shape index (κ2) is 3.97. The molecule has 0 aromatic carbocycles. The summed E-state index contributed by atoms with van der Waals surface area (Å²) in [6, 6.07) is 3.54. The van der Waals surface area contributed by atoms with Gasteiger partial charge in [0.25, 0.3) is 0 Å². The third kappa shape index (κ3) is 2.13. The molecule has 0 radical (unpaired) electrons. The Morgan fingerprint density at radius 1 is 1.67 bits per heavy atom. The van der Waals surface area contributed by atoms with Crippen molar-refractivity contribution in [2.45, 2.75) is 6.92 Å². The molecule has 0 saturated heterocycles. The van der Waals surface area contributed by atoms with Crippen molar-refractivity contribution in [2.24, 2.45) is 10.2 Å². The van der Waals surface area contributed by atoms with Crippen LogP contribution in [0.3, 0.4) is 0 Å². The molecular weight excluding hydrogens is 174 g/mol. The zero-order valence-corrected chi connectivity index (χ0v) is 7.41. The van der Waals surface area contributed by atoms with Gasteiger partial charge in [0.15, 0.2) is 0 Å². The molecule has 0 N–H and O–H groups in total. The molecule has 0 saturated carbocycles. The van der Waals surface area contributed by atoms with Crippen LogP contribution in [0.1, 0.15) is 12.5 Å². The third-order valence-corrected chi connectivity index (χ3v) is 1.57. The predicted octanol–water partition coefficient (Wildman–Crippen LogP) is 2.16. The highest BCUT2D eigenvalue weighted by Crippen LogP contribution is 2.07. The Morgan fingerprint density at radius 2 is 2.42 bits per heavy atom. The van der Waals surface area contributed by atoms with Crippen LogP contribution < -0.4 is 0 Å². The van der Waals surface area contributed by atoms with Crippen molar-refractivity contribution >= 4 is 24.0 Å². The lowest BCUT2D eigenvalue weighted by Gasteiger charge is -1.97. The van der Waals surface area contributed by atoms with E-state index in [2.05, 4.69) is 21.9 Å². The van der Waals surface area contributed by atoms with E-state index in [0.29, 0.717) is 5.15 Å². The fourth-order valence-electron chi connectivity index (χ4n) is 0.791. The van der Waals surface area contributed by atoms with Gasteiger partial charge in [0.05, 0.1) is 5.71 Å². The highest BCUT2D eigenvalue weighted by Gasteiger charge is 1.97. The Bertz CT molecular complexity index is 320. The summed E-state index contributed by atoms with van der Waals surface area (Å²) in [5, 5.41) is 7.65. The molecule has 1 heterocycles. The molecule has 0 aliphatic carbocycles. The SMILES string of the molecule is C=NN=C(C)c1ccnc(Cl)c1. The van der Waals surface area contributed by atoms with Crippen molar-refractivity contribution in [2.75, 3.05) is 0 Å². The monoisotopic (exact) mass is 181 g/mol. The number of nitrogens with zero attached hydrogens (tertiary/aromatic N) is 3. The van der Waals surface area contributed by atoms with Crippen LogP contribution in [-0.4, -0.2) is 17.4 Å². The van der Waals surface area contributed by atoms with Gasteiger partial charge in [-0.15, -0.1) is 0 Å². The van der Waals surface area contributed by atoms with Crippen LogP contribution in [0.5, 0.6) is 0 Å². The highest BCUT2D eigenvalue weighted by atomic mass is 35.5. The van der Waals surface area contributed by atoms with Crippen LogP contribution in [-0.2, 0) is 0 Å². The van der Waals surface area contributed by atoms with Crippen molar-refractivity contribution < 1.29 is 0 Å². The van der Waals surface area contributed by atoms with Gasteiger partial charge in [0.1, 0.15) is 5.15 Å². The van der Waals surface area contributed by atoms with Gasteiger partial charge in [-0.3, -0.25) is 0 Å². The average molecular weight is 182 g/mol. The van der Waals surface area contributed by atoms with E-state index in [1.165, 1.54) is 0 Å². The highest BCUT2D eigenvalue weighted by molar-refractivity contribution is 6.29. The molecule has 0 amide bonds. The summed E-state index contributed by atoms with van der Waals surface area (Å²) in [6.45, 7) is 5.10. The number of hydrogen-bond acceptors (Lipinski definition) is 3. The summed E-state index contributed by atoms with van der Waals surface area (Å²) in [7, 11) is 0. The molecule has 0 aliphatic rings. The van der Waals surface area contributed by atoms with Crippen molar-refractivity contribution in [3.05, 3.63) is 29.0 Å². The lowest BCUT2D eigenvalue weighted by atomic mass is 10.2. The maximum absolute atomic E-state index is 5.68. The second-order valence-electron chi connectivity index (χ2n) is 2.19. The fraction of sp³-hybridized carbons (Fsp3) is 0.125. The summed E-state index contributed by atoms with van der Waals surface area (Å²) in [6.07, 6.45) is 1.62. The molecule has 4 heteroatoms. The first kappa shape index (κ1) is 8.87. The van der Waals surface area contributed by atoms with Gasteiger partial charge in [-0.1, -0.05) is 11.6 Å². The minimum absolute atomic E-state index is 0.450. The second-order valence-corrected chi connectivity index (χ2v) is 2.58. The van der Waals surface area contributed by atoms with Crippen LogP contribution in [0.2, 0.25) is 5.15 Å². The van der Waals surface area contributed by atoms with Gasteiger partial charge >= 0.3 is 0 Å². The van der Waals surface area contributed by atoms with E-state index in [1.807, 2.05) is 13.0 Å². The molecule has 0 fully saturated rings. The Kier molecular flexibility index (Phi) is 2.94. The lowest BCUT2D eigenvalue weighted by Crippen LogP contribution is -1.93. The quantitative estimate of drug-likeness (QED) is 0.391. The van der Waals surface area contributed by atoms with Crippen molar-refractivity contribution in [1.82, 2.24) is 4.98 Å². The summed E-state index contributed by atoms with van der Waals surface area (Å²) < 4.78 is 0. The van der Waals surface area contributed by atoms with Gasteiger partial charge in [0.2, 0.25) is 0 Å². The molecular formula is C8H8ClN3. The van der Waals surface area contributed by atoms with Crippen LogP contribution in [0.25, 0.3) is 0 Å². The Labute approximate surface area is 75.8 Å². The van der Waals surface area contributed by atoms with Crippen molar-refractivity contribution in [3.63, 3.8) is 0 Å². The molecule has 1 aromatic rings. The lowest BCUT2D eigenvalue weighted by molar-refractivity contribution is 1.24. The van der Waals surface area contributed by atoms with E-state index >= 15 is 0 Å². The zero-order valence-electron chi connectivity index (χ0n) is 6.66. The summed E-state index contributed by atoms with van der Waals surface area (Å²) in [5.41, 5.74) is 1.68. The Hall–Kier alpha value is -1.22. The molecule has 0 spiro atoms. The number of aromatic nitrogens is 1. The fourth-order valence-corrected chi connectivity index (χ4v) is 0.965. The first-order chi connectivity index (χ1) is 5.74. The molecule has 0 unspecified atom stereocenters. The predicted molar refractivity (Wildman–Crippen MR) is 51.0 cm³/mol. The standard InChI is InChI=1S/C8H8ClN3/c1-6(12-10-2)7-3-4-11-8(9)5-7/h3-5H,2H2,1H3. The molecule has 0 atom stereocenters. The third-order valence-electron chi connectivity index (χ3n) is 1.37. The molecule has 3 nitrogen and oxygen atoms in total. The van der Waals surface area contributed by atoms with E-state index in [4.69, 9.17) is 11.6 Å². The van der Waals surface area contributed by atoms with Crippen molar-refractivity contribution in [1.29, 1.82) is 0 Å². The molecule has 1 aromatic heterocycles. The number of pyridine rings is 1. The van der Waals surface area contributed by atoms with Crippen molar-refractivity contribution in [3.8, 4) is 0 Å². The number of rotatable bonds is 2. The summed E-state index contributed by atoms with van der Waals surface area (Å²) in [4.78, 5) is 3.85. The average Bonchev–Trinajstić information content (AvgIpc) is 2.05. The van der Waals surface area contributed by atoms with Crippen LogP contribution in [0.15, 0.2) is 28.5 Å². The molecule has 0 bridgehead atoms. The van der Waals surface area contributed by atoms with Gasteiger partial charge in [-0.2, -0.15) is 10.2 Å². The first-order valence-corrected chi connectivity index (χ1v) is 3.74. The Balaban J connectivity index is 3.03. The van der Waals surface area contributed by atoms with Crippen LogP contribution >= 0.6 is 11.6 Å². The normalized spacial score (nSPS) is 11.3. The zero-order chi connectivity index (χ0) is 8.97. The Morgan fingerprint density at radius 3 is 3.00 bits per heavy atom. The van der Waals surface area contributed by atoms with E-state index < -0.39 is 0 Å². The molecule has 12 heavy (non-hydrogen) atoms. The smallest absolute Gasteiger partial charge is 0.129 e. The van der Waals surface area contributed by atoms with Crippen LogP contribution in [0.4, 0.5) is 0 Å². The molecule has 1 rings (SSSR count). The summed E-state index contributed by atoms with van der Waals surface area (Å²) >= 11 is 5.68. The van der Waals surface area contributed by atoms with E-state index in [-0.39, 0.29) is 0 Å². The summed E-state index contributed by atoms with van der Waals surface area (Å²) in [5.74, 6) is 0. The van der Waals surface area contributed by atoms with Gasteiger partial charge in [0, 0.05) is 18.5 Å². The minimum atomic E-state index is 0.450. The number of halogens is 1. The largest absolute Gasteiger partial charge is 0.245 e. The maximum Gasteiger partial charge on any atom is 0.129 e. The van der Waals surface area contributed by atoms with Gasteiger partial charge < -0.3 is 0 Å². The minimum Gasteiger partial charge on any atom is -0.245 e. The van der Waals surface area contributed by atoms with E-state index in [9.17, 15) is 0 Å². The molecule has 62 valence electrons. The first-order valence-electron chi connectivity index (χ1n) is 3.36. The number of hydrogen-bond donors (Lipinski definition) is 0. The van der Waals surface area contributed by atoms with Gasteiger partial charge in [-0.25, -0.2) is 4.98 Å². The van der Waals surface area contributed by atoms with Crippen LogP contribution in [0, 0.1) is 0 Å². The topological polar surface area (TPSA) is 37.6 Å². The molecule has 0 aliphatic heterocycles. The van der Waals surface area contributed by atoms with E-state index in [0.717, 1.165) is 11.3 Å². The van der Waals surface area contributed by atoms with E-state index in [1.54, 1.807) is 12.3 Å².